The van der Waals surface area contributed by atoms with Gasteiger partial charge in [-0.2, -0.15) is 13.2 Å². The summed E-state index contributed by atoms with van der Waals surface area (Å²) in [5, 5.41) is 0. The zero-order valence-corrected chi connectivity index (χ0v) is 10.7. The Bertz CT molecular complexity index is 404. The van der Waals surface area contributed by atoms with Gasteiger partial charge in [0, 0.05) is 9.37 Å². The summed E-state index contributed by atoms with van der Waals surface area (Å²) in [6.07, 6.45) is -4.74. The highest BCUT2D eigenvalue weighted by Crippen LogP contribution is 2.26. The van der Waals surface area contributed by atoms with Crippen LogP contribution in [0.15, 0.2) is 27.6 Å². The van der Waals surface area contributed by atoms with Crippen LogP contribution in [0.2, 0.25) is 0 Å². The van der Waals surface area contributed by atoms with E-state index in [1.54, 1.807) is 18.2 Å². The van der Waals surface area contributed by atoms with Crippen LogP contribution in [0.4, 0.5) is 13.2 Å². The zero-order valence-electron chi connectivity index (χ0n) is 8.27. The number of aryl methyl sites for hydroxylation is 1. The van der Waals surface area contributed by atoms with E-state index in [1.165, 1.54) is 0 Å². The Morgan fingerprint density at radius 3 is 2.56 bits per heavy atom. The standard InChI is InChI=1S/C10H8BrF3OS/c1-6-4-7(2-3-8(6)11)16-5-9(15)10(12,13)14/h2-4H,5H2,1H3. The molecule has 1 aromatic carbocycles. The van der Waals surface area contributed by atoms with E-state index >= 15 is 0 Å². The zero-order chi connectivity index (χ0) is 12.3. The summed E-state index contributed by atoms with van der Waals surface area (Å²) < 4.78 is 36.7. The minimum absolute atomic E-state index is 0.579. The van der Waals surface area contributed by atoms with Gasteiger partial charge in [0.25, 0.3) is 0 Å². The topological polar surface area (TPSA) is 17.1 Å². The summed E-state index contributed by atoms with van der Waals surface area (Å²) in [5.41, 5.74) is 0.921. The van der Waals surface area contributed by atoms with Crippen molar-refractivity contribution in [2.45, 2.75) is 18.0 Å². The Morgan fingerprint density at radius 2 is 2.06 bits per heavy atom. The van der Waals surface area contributed by atoms with E-state index in [9.17, 15) is 18.0 Å². The Labute approximate surface area is 104 Å². The molecule has 1 rings (SSSR count). The van der Waals surface area contributed by atoms with Gasteiger partial charge in [0.05, 0.1) is 5.75 Å². The number of benzene rings is 1. The Morgan fingerprint density at radius 1 is 1.44 bits per heavy atom. The van der Waals surface area contributed by atoms with Gasteiger partial charge in [0.15, 0.2) is 0 Å². The molecule has 0 unspecified atom stereocenters. The Hall–Kier alpha value is -0.490. The molecule has 0 aliphatic heterocycles. The highest BCUT2D eigenvalue weighted by atomic mass is 79.9. The van der Waals surface area contributed by atoms with E-state index in [1.807, 2.05) is 6.92 Å². The molecule has 16 heavy (non-hydrogen) atoms. The molecule has 0 aliphatic carbocycles. The van der Waals surface area contributed by atoms with Crippen molar-refractivity contribution >= 4 is 33.5 Å². The lowest BCUT2D eigenvalue weighted by Gasteiger charge is -2.06. The first-order chi connectivity index (χ1) is 7.30. The summed E-state index contributed by atoms with van der Waals surface area (Å²) in [5.74, 6) is -2.29. The molecule has 0 heterocycles. The molecule has 1 aromatic rings. The molecule has 6 heteroatoms. The van der Waals surface area contributed by atoms with Crippen molar-refractivity contribution in [3.05, 3.63) is 28.2 Å². The van der Waals surface area contributed by atoms with Crippen LogP contribution in [0.1, 0.15) is 5.56 Å². The second-order valence-corrected chi connectivity index (χ2v) is 5.02. The van der Waals surface area contributed by atoms with Crippen LogP contribution in [0.25, 0.3) is 0 Å². The smallest absolute Gasteiger partial charge is 0.289 e. The molecule has 0 saturated carbocycles. The first kappa shape index (κ1) is 13.6. The molecule has 0 aliphatic rings. The molecular weight excluding hydrogens is 305 g/mol. The number of halogens is 4. The van der Waals surface area contributed by atoms with Crippen molar-refractivity contribution in [3.8, 4) is 0 Å². The second kappa shape index (κ2) is 5.23. The molecular formula is C10H8BrF3OS. The number of hydrogen-bond acceptors (Lipinski definition) is 2. The van der Waals surface area contributed by atoms with Crippen LogP contribution < -0.4 is 0 Å². The third-order valence-electron chi connectivity index (χ3n) is 1.82. The molecule has 0 N–H and O–H groups in total. The summed E-state index contributed by atoms with van der Waals surface area (Å²) in [4.78, 5) is 11.3. The van der Waals surface area contributed by atoms with Crippen LogP contribution in [0.5, 0.6) is 0 Å². The molecule has 0 saturated heterocycles. The monoisotopic (exact) mass is 312 g/mol. The number of alkyl halides is 3. The molecule has 0 spiro atoms. The van der Waals surface area contributed by atoms with Crippen molar-refractivity contribution < 1.29 is 18.0 Å². The number of thioether (sulfide) groups is 1. The van der Waals surface area contributed by atoms with Crippen molar-refractivity contribution in [1.82, 2.24) is 0 Å². The summed E-state index contributed by atoms with van der Waals surface area (Å²) in [7, 11) is 0. The lowest BCUT2D eigenvalue weighted by molar-refractivity contribution is -0.167. The highest BCUT2D eigenvalue weighted by molar-refractivity contribution is 9.10. The van der Waals surface area contributed by atoms with E-state index < -0.39 is 17.7 Å². The normalized spacial score (nSPS) is 11.6. The van der Waals surface area contributed by atoms with Crippen molar-refractivity contribution in [3.63, 3.8) is 0 Å². The number of hydrogen-bond donors (Lipinski definition) is 0. The average molecular weight is 313 g/mol. The average Bonchev–Trinajstić information content (AvgIpc) is 2.18. The van der Waals surface area contributed by atoms with E-state index in [2.05, 4.69) is 15.9 Å². The van der Waals surface area contributed by atoms with Crippen LogP contribution >= 0.6 is 27.7 Å². The maximum absolute atomic E-state index is 11.9. The quantitative estimate of drug-likeness (QED) is 0.785. The molecule has 1 nitrogen and oxygen atoms in total. The van der Waals surface area contributed by atoms with E-state index in [-0.39, 0.29) is 0 Å². The summed E-state index contributed by atoms with van der Waals surface area (Å²) in [6, 6.07) is 5.15. The van der Waals surface area contributed by atoms with Crippen molar-refractivity contribution in [2.24, 2.45) is 0 Å². The minimum atomic E-state index is -4.74. The van der Waals surface area contributed by atoms with Gasteiger partial charge in [-0.1, -0.05) is 15.9 Å². The van der Waals surface area contributed by atoms with Gasteiger partial charge >= 0.3 is 6.18 Å². The molecule has 0 aromatic heterocycles. The second-order valence-electron chi connectivity index (χ2n) is 3.12. The number of rotatable bonds is 3. The molecule has 0 atom stereocenters. The van der Waals surface area contributed by atoms with Gasteiger partial charge in [0.1, 0.15) is 0 Å². The number of Topliss-reactive ketones (excluding diaryl/α,β-unsaturated/α-hetero) is 1. The van der Waals surface area contributed by atoms with Crippen LogP contribution in [0, 0.1) is 6.92 Å². The van der Waals surface area contributed by atoms with Gasteiger partial charge in [-0.3, -0.25) is 4.79 Å². The first-order valence-electron chi connectivity index (χ1n) is 4.29. The lowest BCUT2D eigenvalue weighted by atomic mass is 10.2. The molecule has 0 bridgehead atoms. The molecule has 0 fully saturated rings. The molecule has 0 amide bonds. The summed E-state index contributed by atoms with van der Waals surface area (Å²) in [6.45, 7) is 1.83. The predicted molar refractivity (Wildman–Crippen MR) is 60.7 cm³/mol. The third-order valence-corrected chi connectivity index (χ3v) is 3.70. The lowest BCUT2D eigenvalue weighted by Crippen LogP contribution is -2.24. The van der Waals surface area contributed by atoms with Gasteiger partial charge in [-0.05, 0) is 30.7 Å². The van der Waals surface area contributed by atoms with Crippen LogP contribution in [-0.4, -0.2) is 17.7 Å². The van der Waals surface area contributed by atoms with Gasteiger partial charge in [-0.15, -0.1) is 11.8 Å². The fraction of sp³-hybridized carbons (Fsp3) is 0.300. The summed E-state index contributed by atoms with van der Waals surface area (Å²) >= 11 is 4.17. The fourth-order valence-corrected chi connectivity index (χ4v) is 2.07. The van der Waals surface area contributed by atoms with Gasteiger partial charge in [-0.25, -0.2) is 0 Å². The van der Waals surface area contributed by atoms with Crippen LogP contribution in [-0.2, 0) is 4.79 Å². The largest absolute Gasteiger partial charge is 0.450 e. The number of ketones is 1. The fourth-order valence-electron chi connectivity index (χ4n) is 0.938. The maximum Gasteiger partial charge on any atom is 0.450 e. The predicted octanol–water partition coefficient (Wildman–Crippen LogP) is 3.98. The van der Waals surface area contributed by atoms with Gasteiger partial charge in [0.2, 0.25) is 5.78 Å². The van der Waals surface area contributed by atoms with Crippen LogP contribution in [0.3, 0.4) is 0 Å². The molecule has 0 radical (unpaired) electrons. The van der Waals surface area contributed by atoms with E-state index in [0.717, 1.165) is 21.8 Å². The molecule has 88 valence electrons. The van der Waals surface area contributed by atoms with Crippen molar-refractivity contribution in [1.29, 1.82) is 0 Å². The third kappa shape index (κ3) is 3.83. The van der Waals surface area contributed by atoms with E-state index in [4.69, 9.17) is 0 Å². The highest BCUT2D eigenvalue weighted by Gasteiger charge is 2.37. The number of carbonyl (C=O) groups is 1. The minimum Gasteiger partial charge on any atom is -0.289 e. The Balaban J connectivity index is 2.62. The Kier molecular flexibility index (Phi) is 4.43. The SMILES string of the molecule is Cc1cc(SCC(=O)C(F)(F)F)ccc1Br. The first-order valence-corrected chi connectivity index (χ1v) is 6.07. The van der Waals surface area contributed by atoms with Gasteiger partial charge < -0.3 is 0 Å². The van der Waals surface area contributed by atoms with Crippen molar-refractivity contribution in [2.75, 3.05) is 5.75 Å². The van der Waals surface area contributed by atoms with E-state index in [0.29, 0.717) is 4.90 Å². The number of carbonyl (C=O) groups excluding carboxylic acids is 1. The maximum atomic E-state index is 11.9.